The van der Waals surface area contributed by atoms with Crippen LogP contribution >= 0.6 is 24.0 Å². The first kappa shape index (κ1) is 13.3. The van der Waals surface area contributed by atoms with Gasteiger partial charge < -0.3 is 0 Å². The Labute approximate surface area is 127 Å². The third-order valence-electron chi connectivity index (χ3n) is 3.18. The molecule has 1 aliphatic rings. The van der Waals surface area contributed by atoms with Crippen LogP contribution in [-0.2, 0) is 0 Å². The Balaban J connectivity index is 1.94. The maximum atomic E-state index is 12.6. The van der Waals surface area contributed by atoms with Gasteiger partial charge in [-0.25, -0.2) is 0 Å². The number of aromatic nitrogens is 1. The fourth-order valence-corrected chi connectivity index (χ4v) is 3.60. The van der Waals surface area contributed by atoms with Crippen molar-refractivity contribution in [2.75, 3.05) is 5.75 Å². The molecule has 0 radical (unpaired) electrons. The van der Waals surface area contributed by atoms with Gasteiger partial charge in [-0.2, -0.15) is 0 Å². The Morgan fingerprint density at radius 3 is 2.75 bits per heavy atom. The number of thioether (sulfide) groups is 1. The molecule has 20 heavy (non-hydrogen) atoms. The Morgan fingerprint density at radius 1 is 1.25 bits per heavy atom. The molecule has 1 atom stereocenters. The topological polar surface area (TPSA) is 33.2 Å². The summed E-state index contributed by atoms with van der Waals surface area (Å²) in [6, 6.07) is 13.5. The molecule has 0 aliphatic carbocycles. The fraction of sp³-hybridized carbons (Fsp3) is 0.133. The van der Waals surface area contributed by atoms with Gasteiger partial charge in [-0.15, -0.1) is 0 Å². The number of hydrogen-bond donors (Lipinski definition) is 0. The molecule has 1 aliphatic heterocycles. The predicted molar refractivity (Wildman–Crippen MR) is 84.6 cm³/mol. The van der Waals surface area contributed by atoms with Crippen molar-refractivity contribution in [1.29, 1.82) is 0 Å². The van der Waals surface area contributed by atoms with Gasteiger partial charge in [0.05, 0.1) is 11.6 Å². The Bertz CT molecular complexity index is 631. The molecular formula is C15H12N2OS2. The normalized spacial score (nSPS) is 18.3. The van der Waals surface area contributed by atoms with E-state index in [2.05, 4.69) is 4.98 Å². The van der Waals surface area contributed by atoms with Crippen LogP contribution in [0.25, 0.3) is 0 Å². The minimum Gasteiger partial charge on any atom is -0.285 e. The molecule has 1 fully saturated rings. The molecule has 3 nitrogen and oxygen atoms in total. The number of hydrogen-bond acceptors (Lipinski definition) is 4. The van der Waals surface area contributed by atoms with Crippen LogP contribution in [0.1, 0.15) is 22.0 Å². The molecule has 5 heteroatoms. The van der Waals surface area contributed by atoms with Gasteiger partial charge in [-0.1, -0.05) is 54.3 Å². The summed E-state index contributed by atoms with van der Waals surface area (Å²) < 4.78 is 0.632. The van der Waals surface area contributed by atoms with E-state index in [0.717, 1.165) is 11.3 Å². The van der Waals surface area contributed by atoms with Crippen LogP contribution in [-0.4, -0.2) is 25.9 Å². The van der Waals surface area contributed by atoms with Gasteiger partial charge in [0.15, 0.2) is 0 Å². The number of pyridine rings is 1. The number of thiocarbonyl (C=S) groups is 1. The number of carbonyl (C=O) groups is 1. The lowest BCUT2D eigenvalue weighted by molar-refractivity contribution is 0.0823. The molecule has 1 aromatic heterocycles. The van der Waals surface area contributed by atoms with Crippen LogP contribution in [0.15, 0.2) is 54.9 Å². The average Bonchev–Trinajstić information content (AvgIpc) is 2.90. The van der Waals surface area contributed by atoms with Crippen LogP contribution in [0.2, 0.25) is 0 Å². The molecule has 0 saturated carbocycles. The van der Waals surface area contributed by atoms with Crippen LogP contribution in [0.3, 0.4) is 0 Å². The van der Waals surface area contributed by atoms with Crippen LogP contribution < -0.4 is 0 Å². The smallest absolute Gasteiger partial charge is 0.261 e. The van der Waals surface area contributed by atoms with Crippen molar-refractivity contribution >= 4 is 34.2 Å². The molecule has 1 aromatic carbocycles. The average molecular weight is 300 g/mol. The van der Waals surface area contributed by atoms with Crippen LogP contribution in [0, 0.1) is 0 Å². The third kappa shape index (κ3) is 2.46. The maximum Gasteiger partial charge on any atom is 0.261 e. The lowest BCUT2D eigenvalue weighted by atomic mass is 10.1. The molecule has 3 rings (SSSR count). The highest BCUT2D eigenvalue weighted by atomic mass is 32.2. The van der Waals surface area contributed by atoms with E-state index in [0.29, 0.717) is 9.88 Å². The van der Waals surface area contributed by atoms with E-state index < -0.39 is 0 Å². The summed E-state index contributed by atoms with van der Waals surface area (Å²) in [5.74, 6) is 0.719. The predicted octanol–water partition coefficient (Wildman–Crippen LogP) is 3.30. The van der Waals surface area contributed by atoms with Crippen molar-refractivity contribution in [3.8, 4) is 0 Å². The fourth-order valence-electron chi connectivity index (χ4n) is 2.19. The summed E-state index contributed by atoms with van der Waals surface area (Å²) in [7, 11) is 0. The van der Waals surface area contributed by atoms with Crippen molar-refractivity contribution in [2.24, 2.45) is 0 Å². The molecule has 0 bridgehead atoms. The summed E-state index contributed by atoms with van der Waals surface area (Å²) in [4.78, 5) is 18.3. The molecule has 1 saturated heterocycles. The largest absolute Gasteiger partial charge is 0.285 e. The quantitative estimate of drug-likeness (QED) is 0.797. The molecule has 0 spiro atoms. The first-order valence-corrected chi connectivity index (χ1v) is 7.62. The summed E-state index contributed by atoms with van der Waals surface area (Å²) in [5.41, 5.74) is 1.68. The van der Waals surface area contributed by atoms with E-state index in [-0.39, 0.29) is 11.9 Å². The van der Waals surface area contributed by atoms with Gasteiger partial charge >= 0.3 is 0 Å². The molecular weight excluding hydrogens is 288 g/mol. The van der Waals surface area contributed by atoms with Crippen molar-refractivity contribution in [3.05, 3.63) is 66.0 Å². The summed E-state index contributed by atoms with van der Waals surface area (Å²) in [6.45, 7) is 0. The number of rotatable bonds is 2. The highest BCUT2D eigenvalue weighted by Gasteiger charge is 2.35. The second-order valence-electron chi connectivity index (χ2n) is 4.42. The number of carbonyl (C=O) groups excluding carboxylic acids is 1. The lowest BCUT2D eigenvalue weighted by Crippen LogP contribution is -2.33. The van der Waals surface area contributed by atoms with Gasteiger partial charge in [0.2, 0.25) is 0 Å². The van der Waals surface area contributed by atoms with Crippen molar-refractivity contribution in [1.82, 2.24) is 9.88 Å². The van der Waals surface area contributed by atoms with Crippen LogP contribution in [0.4, 0.5) is 0 Å². The van der Waals surface area contributed by atoms with Gasteiger partial charge in [0.1, 0.15) is 4.32 Å². The number of nitrogens with zero attached hydrogens (tertiary/aromatic N) is 2. The molecule has 100 valence electrons. The minimum absolute atomic E-state index is 0.00130. The zero-order chi connectivity index (χ0) is 13.9. The lowest BCUT2D eigenvalue weighted by Gasteiger charge is -2.23. The monoisotopic (exact) mass is 300 g/mol. The van der Waals surface area contributed by atoms with E-state index in [1.54, 1.807) is 41.2 Å². The molecule has 1 amide bonds. The first-order chi connectivity index (χ1) is 9.77. The van der Waals surface area contributed by atoms with E-state index in [4.69, 9.17) is 12.2 Å². The van der Waals surface area contributed by atoms with E-state index in [1.165, 1.54) is 0 Å². The van der Waals surface area contributed by atoms with E-state index >= 15 is 0 Å². The SMILES string of the molecule is O=C(c1cccnc1)N1C(=S)SC[C@@H]1c1ccccc1. The second kappa shape index (κ2) is 5.73. The van der Waals surface area contributed by atoms with E-state index in [9.17, 15) is 4.79 Å². The van der Waals surface area contributed by atoms with Gasteiger partial charge in [-0.05, 0) is 17.7 Å². The minimum atomic E-state index is -0.0815. The second-order valence-corrected chi connectivity index (χ2v) is 6.07. The third-order valence-corrected chi connectivity index (χ3v) is 4.66. The van der Waals surface area contributed by atoms with Gasteiger partial charge in [0, 0.05) is 18.1 Å². The summed E-state index contributed by atoms with van der Waals surface area (Å²) >= 11 is 6.89. The Morgan fingerprint density at radius 2 is 2.05 bits per heavy atom. The van der Waals surface area contributed by atoms with Crippen LogP contribution in [0.5, 0.6) is 0 Å². The highest BCUT2D eigenvalue weighted by molar-refractivity contribution is 8.23. The number of amides is 1. The molecule has 0 unspecified atom stereocenters. The van der Waals surface area contributed by atoms with E-state index in [1.807, 2.05) is 30.3 Å². The first-order valence-electron chi connectivity index (χ1n) is 6.22. The van der Waals surface area contributed by atoms with Gasteiger partial charge in [0.25, 0.3) is 5.91 Å². The van der Waals surface area contributed by atoms with Crippen molar-refractivity contribution < 1.29 is 4.79 Å². The molecule has 0 N–H and O–H groups in total. The molecule has 2 heterocycles. The Hall–Kier alpha value is -1.72. The van der Waals surface area contributed by atoms with Gasteiger partial charge in [-0.3, -0.25) is 14.7 Å². The summed E-state index contributed by atoms with van der Waals surface area (Å²) in [6.07, 6.45) is 3.23. The standard InChI is InChI=1S/C15H12N2OS2/c18-14(12-7-4-8-16-9-12)17-13(10-20-15(17)19)11-5-2-1-3-6-11/h1-9,13H,10H2/t13-/m1/s1. The Kier molecular flexibility index (Phi) is 3.80. The summed E-state index contributed by atoms with van der Waals surface area (Å²) in [5, 5.41) is 0. The highest BCUT2D eigenvalue weighted by Crippen LogP contribution is 2.36. The zero-order valence-electron chi connectivity index (χ0n) is 10.6. The van der Waals surface area contributed by atoms with Crippen molar-refractivity contribution in [2.45, 2.75) is 6.04 Å². The van der Waals surface area contributed by atoms with Crippen molar-refractivity contribution in [3.63, 3.8) is 0 Å². The zero-order valence-corrected chi connectivity index (χ0v) is 12.2. The number of benzene rings is 1. The molecule has 2 aromatic rings. The maximum absolute atomic E-state index is 12.6.